The van der Waals surface area contributed by atoms with E-state index in [4.69, 9.17) is 0 Å². The van der Waals surface area contributed by atoms with Gasteiger partial charge in [-0.05, 0) is 75.0 Å². The molecule has 6 nitrogen and oxygen atoms in total. The van der Waals surface area contributed by atoms with Gasteiger partial charge in [-0.1, -0.05) is 0 Å². The van der Waals surface area contributed by atoms with Crippen molar-refractivity contribution in [2.75, 3.05) is 23.3 Å². The summed E-state index contributed by atoms with van der Waals surface area (Å²) in [5.41, 5.74) is 2.10. The summed E-state index contributed by atoms with van der Waals surface area (Å²) in [5.74, 6) is -1.29. The number of hydrogen-bond donors (Lipinski definition) is 3. The first-order valence-corrected chi connectivity index (χ1v) is 9.46. The van der Waals surface area contributed by atoms with Crippen molar-refractivity contribution in [3.63, 3.8) is 0 Å². The van der Waals surface area contributed by atoms with Crippen LogP contribution in [0, 0.1) is 5.92 Å². The maximum absolute atomic E-state index is 12.2. The number of aromatic nitrogens is 1. The predicted octanol–water partition coefficient (Wildman–Crippen LogP) is 4.09. The van der Waals surface area contributed by atoms with E-state index in [-0.39, 0.29) is 11.8 Å². The predicted molar refractivity (Wildman–Crippen MR) is 103 cm³/mol. The highest BCUT2D eigenvalue weighted by atomic mass is 79.9. The van der Waals surface area contributed by atoms with Crippen molar-refractivity contribution in [2.24, 2.45) is 5.92 Å². The summed E-state index contributed by atoms with van der Waals surface area (Å²) in [5, 5.41) is 12.0. The molecule has 0 radical (unpaired) electrons. The van der Waals surface area contributed by atoms with Gasteiger partial charge < -0.3 is 20.3 Å². The van der Waals surface area contributed by atoms with Crippen molar-refractivity contribution in [1.29, 1.82) is 0 Å². The standard InChI is InChI=1S/C17H17Br2N3O3/c18-13-8-14(21-15(13)19)16(23)20-11-3-5-12(6-4-11)22-7-1-2-10(9-22)17(24)25/h3-6,8,10,21H,1-2,7,9H2,(H,20,23)(H,24,25). The number of carboxylic acid groups (broad SMARTS) is 1. The van der Waals surface area contributed by atoms with Crippen LogP contribution in [0.3, 0.4) is 0 Å². The molecule has 1 aliphatic heterocycles. The first-order valence-electron chi connectivity index (χ1n) is 7.87. The summed E-state index contributed by atoms with van der Waals surface area (Å²) in [6.07, 6.45) is 1.59. The lowest BCUT2D eigenvalue weighted by Gasteiger charge is -2.32. The Hall–Kier alpha value is -1.80. The molecule has 1 aliphatic rings. The Balaban J connectivity index is 1.66. The quantitative estimate of drug-likeness (QED) is 0.628. The average Bonchev–Trinajstić information content (AvgIpc) is 2.95. The molecule has 25 heavy (non-hydrogen) atoms. The van der Waals surface area contributed by atoms with Crippen LogP contribution < -0.4 is 10.2 Å². The van der Waals surface area contributed by atoms with Crippen LogP contribution in [0.5, 0.6) is 0 Å². The number of piperidine rings is 1. The van der Waals surface area contributed by atoms with Crippen LogP contribution in [-0.2, 0) is 4.79 Å². The van der Waals surface area contributed by atoms with Gasteiger partial charge in [0.25, 0.3) is 5.91 Å². The topological polar surface area (TPSA) is 85.4 Å². The Morgan fingerprint density at radius 1 is 1.24 bits per heavy atom. The Labute approximate surface area is 161 Å². The molecule has 1 aromatic heterocycles. The van der Waals surface area contributed by atoms with Gasteiger partial charge >= 0.3 is 5.97 Å². The zero-order valence-electron chi connectivity index (χ0n) is 13.3. The lowest BCUT2D eigenvalue weighted by Crippen LogP contribution is -2.38. The van der Waals surface area contributed by atoms with Crippen LogP contribution >= 0.6 is 31.9 Å². The molecule has 0 saturated carbocycles. The van der Waals surface area contributed by atoms with Gasteiger partial charge in [-0.15, -0.1) is 0 Å². The zero-order valence-corrected chi connectivity index (χ0v) is 16.4. The largest absolute Gasteiger partial charge is 0.481 e. The number of hydrogen-bond acceptors (Lipinski definition) is 3. The second-order valence-electron chi connectivity index (χ2n) is 5.97. The molecule has 1 atom stereocenters. The normalized spacial score (nSPS) is 17.4. The smallest absolute Gasteiger partial charge is 0.308 e. The van der Waals surface area contributed by atoms with Gasteiger partial charge in [0.15, 0.2) is 0 Å². The van der Waals surface area contributed by atoms with E-state index in [0.717, 1.165) is 29.5 Å². The van der Waals surface area contributed by atoms with Crippen LogP contribution in [0.4, 0.5) is 11.4 Å². The monoisotopic (exact) mass is 469 g/mol. The summed E-state index contributed by atoms with van der Waals surface area (Å²) < 4.78 is 1.50. The van der Waals surface area contributed by atoms with Crippen LogP contribution in [0.1, 0.15) is 23.3 Å². The maximum atomic E-state index is 12.2. The number of halogens is 2. The molecule has 1 aromatic carbocycles. The number of carbonyl (C=O) groups excluding carboxylic acids is 1. The molecule has 132 valence electrons. The molecule has 0 spiro atoms. The van der Waals surface area contributed by atoms with Gasteiger partial charge in [0.2, 0.25) is 0 Å². The minimum Gasteiger partial charge on any atom is -0.481 e. The Kier molecular flexibility index (Phi) is 5.48. The first-order chi connectivity index (χ1) is 11.9. The van der Waals surface area contributed by atoms with Gasteiger partial charge in [-0.2, -0.15) is 0 Å². The number of carboxylic acids is 1. The highest BCUT2D eigenvalue weighted by Crippen LogP contribution is 2.26. The number of aliphatic carboxylic acids is 1. The van der Waals surface area contributed by atoms with E-state index < -0.39 is 5.97 Å². The first kappa shape index (κ1) is 18.0. The van der Waals surface area contributed by atoms with E-state index in [2.05, 4.69) is 47.1 Å². The van der Waals surface area contributed by atoms with Crippen LogP contribution in [0.25, 0.3) is 0 Å². The van der Waals surface area contributed by atoms with E-state index in [1.165, 1.54) is 0 Å². The summed E-state index contributed by atoms with van der Waals surface area (Å²) >= 11 is 6.64. The third-order valence-corrected chi connectivity index (χ3v) is 6.01. The summed E-state index contributed by atoms with van der Waals surface area (Å²) in [6.45, 7) is 1.37. The highest BCUT2D eigenvalue weighted by molar-refractivity contribution is 9.13. The lowest BCUT2D eigenvalue weighted by atomic mass is 9.98. The fourth-order valence-electron chi connectivity index (χ4n) is 2.89. The lowest BCUT2D eigenvalue weighted by molar-refractivity contribution is -0.141. The van der Waals surface area contributed by atoms with E-state index in [0.29, 0.717) is 22.5 Å². The number of aromatic amines is 1. The van der Waals surface area contributed by atoms with Gasteiger partial charge in [0, 0.05) is 24.5 Å². The molecular formula is C17H17Br2N3O3. The van der Waals surface area contributed by atoms with E-state index in [1.54, 1.807) is 6.07 Å². The molecule has 0 bridgehead atoms. The number of nitrogens with one attached hydrogen (secondary N) is 2. The van der Waals surface area contributed by atoms with Gasteiger partial charge in [0.1, 0.15) is 5.69 Å². The third kappa shape index (κ3) is 4.24. The van der Waals surface area contributed by atoms with Gasteiger partial charge in [0.05, 0.1) is 15.0 Å². The molecule has 3 rings (SSSR count). The number of benzene rings is 1. The second-order valence-corrected chi connectivity index (χ2v) is 7.62. The zero-order chi connectivity index (χ0) is 18.0. The molecule has 3 N–H and O–H groups in total. The SMILES string of the molecule is O=C(Nc1ccc(N2CCCC(C(=O)O)C2)cc1)c1cc(Br)c(Br)[nH]1. The summed E-state index contributed by atoms with van der Waals surface area (Å²) in [4.78, 5) is 28.4. The minimum absolute atomic E-state index is 0.233. The molecule has 2 heterocycles. The fraction of sp³-hybridized carbons (Fsp3) is 0.294. The number of amides is 1. The van der Waals surface area contributed by atoms with Gasteiger partial charge in [-0.25, -0.2) is 0 Å². The maximum Gasteiger partial charge on any atom is 0.308 e. The van der Waals surface area contributed by atoms with Crippen molar-refractivity contribution in [2.45, 2.75) is 12.8 Å². The van der Waals surface area contributed by atoms with Crippen molar-refractivity contribution in [3.05, 3.63) is 45.1 Å². The molecule has 2 aromatic rings. The molecule has 8 heteroatoms. The number of nitrogens with zero attached hydrogens (tertiary/aromatic N) is 1. The summed E-state index contributed by atoms with van der Waals surface area (Å²) in [7, 11) is 0. The molecule has 0 aliphatic carbocycles. The number of H-pyrrole nitrogens is 1. The number of rotatable bonds is 4. The van der Waals surface area contributed by atoms with E-state index in [1.807, 2.05) is 24.3 Å². The average molecular weight is 471 g/mol. The Bertz CT molecular complexity index is 769. The molecule has 1 saturated heterocycles. The number of carbonyl (C=O) groups is 2. The van der Waals surface area contributed by atoms with Crippen molar-refractivity contribution < 1.29 is 14.7 Å². The van der Waals surface area contributed by atoms with Crippen LogP contribution in [0.15, 0.2) is 39.4 Å². The van der Waals surface area contributed by atoms with E-state index >= 15 is 0 Å². The van der Waals surface area contributed by atoms with Crippen molar-refractivity contribution in [3.8, 4) is 0 Å². The fourth-order valence-corrected chi connectivity index (χ4v) is 3.55. The van der Waals surface area contributed by atoms with Gasteiger partial charge in [-0.3, -0.25) is 9.59 Å². The van der Waals surface area contributed by atoms with Crippen molar-refractivity contribution >= 4 is 55.1 Å². The van der Waals surface area contributed by atoms with Crippen molar-refractivity contribution in [1.82, 2.24) is 4.98 Å². The highest BCUT2D eigenvalue weighted by Gasteiger charge is 2.25. The van der Waals surface area contributed by atoms with Crippen LogP contribution in [0.2, 0.25) is 0 Å². The Morgan fingerprint density at radius 3 is 2.56 bits per heavy atom. The molecule has 1 fully saturated rings. The Morgan fingerprint density at radius 2 is 1.96 bits per heavy atom. The molecule has 1 unspecified atom stereocenters. The van der Waals surface area contributed by atoms with Crippen LogP contribution in [-0.4, -0.2) is 35.1 Å². The minimum atomic E-state index is -0.739. The second kappa shape index (κ2) is 7.61. The summed E-state index contributed by atoms with van der Waals surface area (Å²) in [6, 6.07) is 9.16. The third-order valence-electron chi connectivity index (χ3n) is 4.23. The number of anilines is 2. The van der Waals surface area contributed by atoms with E-state index in [9.17, 15) is 14.7 Å². The molecule has 1 amide bonds. The molecular weight excluding hydrogens is 454 g/mol.